The SMILES string of the molecule is [Cd].[Hg].[Se]=[Te]. The van der Waals surface area contributed by atoms with Crippen molar-refractivity contribution in [1.29, 1.82) is 0 Å². The zero-order valence-electron chi connectivity index (χ0n) is 2.23. The second-order valence-corrected chi connectivity index (χ2v) is 0. The Morgan fingerprint density at radius 1 is 1.25 bits per heavy atom. The summed E-state index contributed by atoms with van der Waals surface area (Å²) >= 11 is 4.46. The zero-order chi connectivity index (χ0) is 2.00. The predicted molar refractivity (Wildman–Crippen MR) is 11.5 cm³/mol. The summed E-state index contributed by atoms with van der Waals surface area (Å²) in [5.74, 6) is 0. The summed E-state index contributed by atoms with van der Waals surface area (Å²) in [5.41, 5.74) is 0. The van der Waals surface area contributed by atoms with Crippen molar-refractivity contribution in [3.05, 3.63) is 0 Å². The van der Waals surface area contributed by atoms with Gasteiger partial charge in [-0.3, -0.25) is 0 Å². The molecule has 0 aromatic carbocycles. The van der Waals surface area contributed by atoms with Crippen molar-refractivity contribution in [2.45, 2.75) is 0 Å². The molecule has 4 heteroatoms. The zero-order valence-corrected chi connectivity index (χ0v) is 15.8. The molecule has 0 bridgehead atoms. The maximum atomic E-state index is 2.64. The molecule has 0 atom stereocenters. The third-order valence-corrected chi connectivity index (χ3v) is 0. The quantitative estimate of drug-likeness (QED) is 0.369. The first-order valence-corrected chi connectivity index (χ1v) is 5.81. The van der Waals surface area contributed by atoms with Gasteiger partial charge in [-0.25, -0.2) is 0 Å². The molecule has 0 aliphatic rings. The summed E-state index contributed by atoms with van der Waals surface area (Å²) in [5, 5.41) is 0. The van der Waals surface area contributed by atoms with Gasteiger partial charge < -0.3 is 0 Å². The first kappa shape index (κ1) is 15.7. The van der Waals surface area contributed by atoms with Gasteiger partial charge in [0.1, 0.15) is 0 Å². The van der Waals surface area contributed by atoms with E-state index in [0.717, 1.165) is 0 Å². The Hall–Kier alpha value is 3.17. The van der Waals surface area contributed by atoms with Crippen LogP contribution in [0.15, 0.2) is 0 Å². The minimum atomic E-state index is 0. The van der Waals surface area contributed by atoms with Crippen LogP contribution in [0.3, 0.4) is 0 Å². The molecule has 0 N–H and O–H groups in total. The van der Waals surface area contributed by atoms with Crippen LogP contribution in [0.25, 0.3) is 0 Å². The van der Waals surface area contributed by atoms with E-state index >= 15 is 0 Å². The Labute approximate surface area is 84.7 Å². The molecule has 4 heavy (non-hydrogen) atoms. The van der Waals surface area contributed by atoms with Crippen LogP contribution in [0.4, 0.5) is 0 Å². The van der Waals surface area contributed by atoms with Crippen molar-refractivity contribution in [1.82, 2.24) is 0 Å². The molecule has 0 fully saturated rings. The van der Waals surface area contributed by atoms with Gasteiger partial charge in [-0.1, -0.05) is 0 Å². The van der Waals surface area contributed by atoms with E-state index in [1.54, 1.807) is 0 Å². The van der Waals surface area contributed by atoms with Gasteiger partial charge >= 0.3 is 31.7 Å². The third-order valence-electron chi connectivity index (χ3n) is 0. The van der Waals surface area contributed by atoms with Crippen molar-refractivity contribution in [3.63, 3.8) is 0 Å². The summed E-state index contributed by atoms with van der Waals surface area (Å²) in [7, 11) is 0. The summed E-state index contributed by atoms with van der Waals surface area (Å²) < 4.78 is 0. The van der Waals surface area contributed by atoms with Crippen molar-refractivity contribution in [3.8, 4) is 0 Å². The fraction of sp³-hybridized carbons (Fsp3) is 0. The van der Waals surface area contributed by atoms with Crippen molar-refractivity contribution >= 4 is 31.7 Å². The van der Waals surface area contributed by atoms with Crippen molar-refractivity contribution < 1.29 is 55.0 Å². The molecule has 0 unspecified atom stereocenters. The standard InChI is InChI=1S/Cd.Hg.SeTe/c;;1-2. The molecule has 0 spiro atoms. The van der Waals surface area contributed by atoms with Crippen LogP contribution in [-0.2, 0) is 55.0 Å². The molecule has 0 rings (SSSR count). The van der Waals surface area contributed by atoms with Gasteiger partial charge in [-0.05, 0) is 0 Å². The molecular weight excluding hydrogens is 520 g/mol. The van der Waals surface area contributed by atoms with Crippen LogP contribution in [0.5, 0.6) is 0 Å². The second-order valence-electron chi connectivity index (χ2n) is 0. The molecule has 0 aromatic rings. The van der Waals surface area contributed by atoms with E-state index in [9.17, 15) is 0 Å². The van der Waals surface area contributed by atoms with Gasteiger partial charge in [0.05, 0.1) is 0 Å². The Morgan fingerprint density at radius 2 is 1.25 bits per heavy atom. The second kappa shape index (κ2) is 16.4. The van der Waals surface area contributed by atoms with Gasteiger partial charge in [0.15, 0.2) is 0 Å². The number of hydrogen-bond acceptors (Lipinski definition) is 0. The Bertz CT molecular complexity index is 8.00. The van der Waals surface area contributed by atoms with E-state index in [0.29, 0.717) is 0 Å². The molecule has 0 nitrogen and oxygen atoms in total. The fourth-order valence-electron chi connectivity index (χ4n) is 0. The fourth-order valence-corrected chi connectivity index (χ4v) is 0. The average Bonchev–Trinajstić information content (AvgIpc) is 1.00. The summed E-state index contributed by atoms with van der Waals surface area (Å²) in [6.45, 7) is 0. The third kappa shape index (κ3) is 8.94. The molecule has 0 aliphatic heterocycles. The van der Waals surface area contributed by atoms with Gasteiger partial charge in [-0.2, -0.15) is 0 Å². The molecule has 0 radical (unpaired) electrons. The normalized spacial score (nSPS) is 1.00. The molecule has 0 saturated carbocycles. The molecule has 0 heterocycles. The van der Waals surface area contributed by atoms with Gasteiger partial charge in [0, 0.05) is 55.0 Å². The molecular formula is CdHgSeTe. The Kier molecular flexibility index (Phi) is 64.4. The van der Waals surface area contributed by atoms with Crippen LogP contribution < -0.4 is 0 Å². The first-order valence-electron chi connectivity index (χ1n) is 0.167. The van der Waals surface area contributed by atoms with E-state index in [-0.39, 0.29) is 55.0 Å². The monoisotopic (exact) mass is 526 g/mol. The van der Waals surface area contributed by atoms with E-state index < -0.39 is 0 Å². The topological polar surface area (TPSA) is 0 Å². The molecule has 16 valence electrons. The molecule has 0 saturated heterocycles. The minimum absolute atomic E-state index is 0. The molecule has 0 aliphatic carbocycles. The van der Waals surface area contributed by atoms with Crippen LogP contribution in [0.2, 0.25) is 0 Å². The number of hydrogen-bond donors (Lipinski definition) is 0. The summed E-state index contributed by atoms with van der Waals surface area (Å²) in [6, 6.07) is 0. The molecule has 0 amide bonds. The molecule has 0 aromatic heterocycles. The summed E-state index contributed by atoms with van der Waals surface area (Å²) in [4.78, 5) is 0. The number of rotatable bonds is 0. The van der Waals surface area contributed by atoms with Crippen LogP contribution >= 0.6 is 0 Å². The Balaban J connectivity index is -0.00000000500. The predicted octanol–water partition coefficient (Wildman–Crippen LogP) is -0.767. The summed E-state index contributed by atoms with van der Waals surface area (Å²) in [6.07, 6.45) is 0. The average molecular weight is 520 g/mol. The van der Waals surface area contributed by atoms with Crippen molar-refractivity contribution in [2.75, 3.05) is 0 Å². The van der Waals surface area contributed by atoms with Gasteiger partial charge in [0.2, 0.25) is 0 Å². The van der Waals surface area contributed by atoms with Crippen molar-refractivity contribution in [2.24, 2.45) is 0 Å². The Morgan fingerprint density at radius 3 is 1.25 bits per heavy atom. The maximum absolute atomic E-state index is 2.64. The van der Waals surface area contributed by atoms with E-state index in [1.165, 1.54) is 0 Å². The van der Waals surface area contributed by atoms with Crippen LogP contribution in [0.1, 0.15) is 0 Å². The van der Waals surface area contributed by atoms with Gasteiger partial charge in [0.25, 0.3) is 0 Å². The van der Waals surface area contributed by atoms with E-state index in [4.69, 9.17) is 0 Å². The van der Waals surface area contributed by atoms with E-state index in [2.05, 4.69) is 12.3 Å². The van der Waals surface area contributed by atoms with E-state index in [1.807, 2.05) is 19.5 Å². The van der Waals surface area contributed by atoms with Gasteiger partial charge in [-0.15, -0.1) is 0 Å². The van der Waals surface area contributed by atoms with Crippen LogP contribution in [0, 0.1) is 0 Å². The van der Waals surface area contributed by atoms with Crippen LogP contribution in [-0.4, -0.2) is 31.7 Å². The first-order chi connectivity index (χ1) is 1.00.